The standard InChI is InChI=1S/C13H15N3O2/c1-2-9(8-17)15-13(18)12-7-14-10-5-3-4-6-11(10)16-12/h3-7,9,17H,2,8H2,1H3,(H,15,18)/t9-/m1/s1. The van der Waals surface area contributed by atoms with Crippen molar-refractivity contribution in [1.82, 2.24) is 15.3 Å². The molecule has 1 aromatic heterocycles. The smallest absolute Gasteiger partial charge is 0.271 e. The summed E-state index contributed by atoms with van der Waals surface area (Å²) in [4.78, 5) is 20.3. The third-order valence-electron chi connectivity index (χ3n) is 2.73. The lowest BCUT2D eigenvalue weighted by molar-refractivity contribution is 0.0910. The number of carbonyl (C=O) groups is 1. The number of aromatic nitrogens is 2. The molecule has 18 heavy (non-hydrogen) atoms. The zero-order chi connectivity index (χ0) is 13.0. The van der Waals surface area contributed by atoms with Gasteiger partial charge in [-0.15, -0.1) is 0 Å². The van der Waals surface area contributed by atoms with Gasteiger partial charge in [-0.1, -0.05) is 19.1 Å². The van der Waals surface area contributed by atoms with Crippen molar-refractivity contribution >= 4 is 16.9 Å². The molecule has 0 aliphatic heterocycles. The molecule has 0 bridgehead atoms. The van der Waals surface area contributed by atoms with E-state index in [4.69, 9.17) is 5.11 Å². The van der Waals surface area contributed by atoms with Gasteiger partial charge in [0, 0.05) is 0 Å². The van der Waals surface area contributed by atoms with E-state index < -0.39 is 0 Å². The normalized spacial score (nSPS) is 12.3. The van der Waals surface area contributed by atoms with Crippen molar-refractivity contribution in [2.45, 2.75) is 19.4 Å². The van der Waals surface area contributed by atoms with Crippen molar-refractivity contribution in [2.75, 3.05) is 6.61 Å². The third kappa shape index (κ3) is 2.62. The number of rotatable bonds is 4. The van der Waals surface area contributed by atoms with E-state index in [1.165, 1.54) is 6.20 Å². The third-order valence-corrected chi connectivity index (χ3v) is 2.73. The Labute approximate surface area is 105 Å². The van der Waals surface area contributed by atoms with Crippen LogP contribution in [-0.2, 0) is 0 Å². The summed E-state index contributed by atoms with van der Waals surface area (Å²) in [5.41, 5.74) is 1.70. The molecule has 2 aromatic rings. The number of hydrogen-bond acceptors (Lipinski definition) is 4. The highest BCUT2D eigenvalue weighted by molar-refractivity contribution is 5.93. The highest BCUT2D eigenvalue weighted by Gasteiger charge is 2.13. The van der Waals surface area contributed by atoms with Crippen LogP contribution >= 0.6 is 0 Å². The van der Waals surface area contributed by atoms with E-state index in [0.29, 0.717) is 11.9 Å². The lowest BCUT2D eigenvalue weighted by Gasteiger charge is -2.13. The first-order valence-electron chi connectivity index (χ1n) is 5.88. The molecular formula is C13H15N3O2. The number of amides is 1. The second-order valence-electron chi connectivity index (χ2n) is 4.01. The van der Waals surface area contributed by atoms with Crippen LogP contribution in [0.25, 0.3) is 11.0 Å². The Morgan fingerprint density at radius 1 is 1.39 bits per heavy atom. The molecule has 2 N–H and O–H groups in total. The first kappa shape index (κ1) is 12.4. The predicted octanol–water partition coefficient (Wildman–Crippen LogP) is 1.13. The fraction of sp³-hybridized carbons (Fsp3) is 0.308. The molecule has 5 heteroatoms. The van der Waals surface area contributed by atoms with E-state index >= 15 is 0 Å². The van der Waals surface area contributed by atoms with Crippen LogP contribution in [-0.4, -0.2) is 33.6 Å². The van der Waals surface area contributed by atoms with Gasteiger partial charge in [0.1, 0.15) is 5.69 Å². The summed E-state index contributed by atoms with van der Waals surface area (Å²) in [6.45, 7) is 1.82. The summed E-state index contributed by atoms with van der Waals surface area (Å²) in [6.07, 6.45) is 2.12. The van der Waals surface area contributed by atoms with Crippen LogP contribution in [0.15, 0.2) is 30.5 Å². The number of fused-ring (bicyclic) bond motifs is 1. The minimum atomic E-state index is -0.311. The molecule has 1 heterocycles. The number of nitrogens with one attached hydrogen (secondary N) is 1. The Kier molecular flexibility index (Phi) is 3.84. The molecule has 0 radical (unpaired) electrons. The second kappa shape index (κ2) is 5.55. The Hall–Kier alpha value is -2.01. The monoisotopic (exact) mass is 245 g/mol. The van der Waals surface area contributed by atoms with E-state index in [2.05, 4.69) is 15.3 Å². The van der Waals surface area contributed by atoms with Crippen LogP contribution in [0.3, 0.4) is 0 Å². The van der Waals surface area contributed by atoms with Gasteiger partial charge in [0.05, 0.1) is 29.9 Å². The maximum absolute atomic E-state index is 11.9. The van der Waals surface area contributed by atoms with Gasteiger partial charge < -0.3 is 10.4 Å². The molecule has 0 saturated heterocycles. The van der Waals surface area contributed by atoms with Gasteiger partial charge in [-0.3, -0.25) is 9.78 Å². The van der Waals surface area contributed by atoms with Gasteiger partial charge in [0.25, 0.3) is 5.91 Å². The number of hydrogen-bond donors (Lipinski definition) is 2. The largest absolute Gasteiger partial charge is 0.394 e. The van der Waals surface area contributed by atoms with Gasteiger partial charge in [0.15, 0.2) is 0 Å². The first-order chi connectivity index (χ1) is 8.74. The summed E-state index contributed by atoms with van der Waals surface area (Å²) in [6, 6.07) is 7.12. The summed E-state index contributed by atoms with van der Waals surface area (Å²) in [5.74, 6) is -0.311. The highest BCUT2D eigenvalue weighted by Crippen LogP contribution is 2.08. The van der Waals surface area contributed by atoms with Crippen molar-refractivity contribution in [3.05, 3.63) is 36.2 Å². The fourth-order valence-corrected chi connectivity index (χ4v) is 1.60. The molecule has 1 aromatic carbocycles. The molecule has 1 amide bonds. The topological polar surface area (TPSA) is 75.1 Å². The number of nitrogens with zero attached hydrogens (tertiary/aromatic N) is 2. The quantitative estimate of drug-likeness (QED) is 0.846. The molecule has 0 aliphatic carbocycles. The number of aliphatic hydroxyl groups is 1. The molecule has 0 fully saturated rings. The van der Waals surface area contributed by atoms with Crippen molar-refractivity contribution < 1.29 is 9.90 Å². The number of benzene rings is 1. The van der Waals surface area contributed by atoms with E-state index in [-0.39, 0.29) is 24.2 Å². The number of para-hydroxylation sites is 2. The van der Waals surface area contributed by atoms with Crippen LogP contribution in [0.5, 0.6) is 0 Å². The van der Waals surface area contributed by atoms with E-state index in [1.54, 1.807) is 0 Å². The summed E-state index contributed by atoms with van der Waals surface area (Å²) in [7, 11) is 0. The minimum absolute atomic E-state index is 0.0801. The van der Waals surface area contributed by atoms with Gasteiger partial charge >= 0.3 is 0 Å². The van der Waals surface area contributed by atoms with Gasteiger partial charge in [-0.2, -0.15) is 0 Å². The molecule has 0 unspecified atom stereocenters. The van der Waals surface area contributed by atoms with Crippen molar-refractivity contribution in [3.63, 3.8) is 0 Å². The first-order valence-corrected chi connectivity index (χ1v) is 5.88. The molecular weight excluding hydrogens is 230 g/mol. The Balaban J connectivity index is 2.22. The maximum Gasteiger partial charge on any atom is 0.271 e. The van der Waals surface area contributed by atoms with Gasteiger partial charge in [0.2, 0.25) is 0 Å². The maximum atomic E-state index is 11.9. The molecule has 1 atom stereocenters. The van der Waals surface area contributed by atoms with E-state index in [1.807, 2.05) is 31.2 Å². The van der Waals surface area contributed by atoms with Crippen LogP contribution in [0.4, 0.5) is 0 Å². The summed E-state index contributed by atoms with van der Waals surface area (Å²) >= 11 is 0. The van der Waals surface area contributed by atoms with Crippen molar-refractivity contribution in [2.24, 2.45) is 0 Å². The predicted molar refractivity (Wildman–Crippen MR) is 68.2 cm³/mol. The van der Waals surface area contributed by atoms with Gasteiger partial charge in [-0.25, -0.2) is 4.98 Å². The van der Waals surface area contributed by atoms with Crippen LogP contribution in [0.1, 0.15) is 23.8 Å². The highest BCUT2D eigenvalue weighted by atomic mass is 16.3. The summed E-state index contributed by atoms with van der Waals surface area (Å²) in [5, 5.41) is 11.7. The molecule has 0 spiro atoms. The zero-order valence-corrected chi connectivity index (χ0v) is 10.1. The second-order valence-corrected chi connectivity index (χ2v) is 4.01. The average Bonchev–Trinajstić information content (AvgIpc) is 2.44. The molecule has 2 rings (SSSR count). The van der Waals surface area contributed by atoms with Crippen LogP contribution in [0.2, 0.25) is 0 Å². The molecule has 5 nitrogen and oxygen atoms in total. The molecule has 94 valence electrons. The van der Waals surface area contributed by atoms with E-state index in [0.717, 1.165) is 5.52 Å². The van der Waals surface area contributed by atoms with E-state index in [9.17, 15) is 4.79 Å². The molecule has 0 saturated carbocycles. The Morgan fingerprint density at radius 3 is 2.78 bits per heavy atom. The lowest BCUT2D eigenvalue weighted by atomic mass is 10.2. The van der Waals surface area contributed by atoms with Crippen LogP contribution < -0.4 is 5.32 Å². The van der Waals surface area contributed by atoms with Crippen LogP contribution in [0, 0.1) is 0 Å². The SMILES string of the molecule is CC[C@H](CO)NC(=O)c1cnc2ccccc2n1. The van der Waals surface area contributed by atoms with Crippen molar-refractivity contribution in [1.29, 1.82) is 0 Å². The Bertz CT molecular complexity index is 553. The zero-order valence-electron chi connectivity index (χ0n) is 10.1. The minimum Gasteiger partial charge on any atom is -0.394 e. The fourth-order valence-electron chi connectivity index (χ4n) is 1.60. The van der Waals surface area contributed by atoms with Gasteiger partial charge in [-0.05, 0) is 18.6 Å². The molecule has 0 aliphatic rings. The summed E-state index contributed by atoms with van der Waals surface area (Å²) < 4.78 is 0. The number of aliphatic hydroxyl groups excluding tert-OH is 1. The Morgan fingerprint density at radius 2 is 2.11 bits per heavy atom. The number of carbonyl (C=O) groups excluding carboxylic acids is 1. The van der Waals surface area contributed by atoms with Crippen molar-refractivity contribution in [3.8, 4) is 0 Å². The average molecular weight is 245 g/mol. The lowest BCUT2D eigenvalue weighted by Crippen LogP contribution is -2.37.